The number of fused-ring (bicyclic) bond motifs is 3. The molecular weight excluding hydrogens is 530 g/mol. The van der Waals surface area contributed by atoms with Crippen molar-refractivity contribution in [3.05, 3.63) is 88.3 Å². The monoisotopic (exact) mass is 555 g/mol. The number of para-hydroxylation sites is 2. The Kier molecular flexibility index (Phi) is 6.74. The van der Waals surface area contributed by atoms with Gasteiger partial charge in [0.15, 0.2) is 22.4 Å². The number of hydrogen-bond donors (Lipinski definition) is 2. The van der Waals surface area contributed by atoms with Gasteiger partial charge in [0.2, 0.25) is 0 Å². The minimum Gasteiger partial charge on any atom is -0.360 e. The Morgan fingerprint density at radius 1 is 0.923 bits per heavy atom. The molecule has 0 aliphatic carbocycles. The molecule has 0 aliphatic rings. The molecule has 2 N–H and O–H groups in total. The number of H-pyrrole nitrogens is 2. The molecule has 0 spiro atoms. The van der Waals surface area contributed by atoms with E-state index < -0.39 is 0 Å². The number of nitrogens with one attached hydrogen (secondary N) is 2. The summed E-state index contributed by atoms with van der Waals surface area (Å²) in [5, 5.41) is 2.82. The Balaban J connectivity index is 1.31. The molecule has 0 fully saturated rings. The Bertz CT molecular complexity index is 1880. The number of ketones is 2. The van der Waals surface area contributed by atoms with Crippen molar-refractivity contribution < 1.29 is 9.59 Å². The van der Waals surface area contributed by atoms with E-state index in [9.17, 15) is 9.59 Å². The number of aromatic nitrogens is 5. The summed E-state index contributed by atoms with van der Waals surface area (Å²) in [7, 11) is 0. The first-order valence-corrected chi connectivity index (χ1v) is 14.2. The number of aromatic amines is 2. The van der Waals surface area contributed by atoms with Gasteiger partial charge in [0.1, 0.15) is 5.52 Å². The molecule has 6 aromatic rings. The van der Waals surface area contributed by atoms with E-state index in [2.05, 4.69) is 40.9 Å². The average Bonchev–Trinajstić information content (AvgIpc) is 3.66. The molecule has 0 radical (unpaired) electrons. The van der Waals surface area contributed by atoms with Gasteiger partial charge >= 0.3 is 0 Å². The van der Waals surface area contributed by atoms with E-state index in [1.54, 1.807) is 29.2 Å². The van der Waals surface area contributed by atoms with Gasteiger partial charge in [0.05, 0.1) is 17.3 Å². The summed E-state index contributed by atoms with van der Waals surface area (Å²) < 4.78 is 1.78. The third-order valence-electron chi connectivity index (χ3n) is 7.12. The second-order valence-corrected chi connectivity index (χ2v) is 10.8. The predicted octanol–water partition coefficient (Wildman–Crippen LogP) is 7.03. The fourth-order valence-electron chi connectivity index (χ4n) is 5.14. The number of imidazole rings is 1. The highest BCUT2D eigenvalue weighted by Gasteiger charge is 2.21. The molecular formula is C30H26ClN5O2S. The van der Waals surface area contributed by atoms with Crippen molar-refractivity contribution in [1.82, 2.24) is 24.5 Å². The van der Waals surface area contributed by atoms with Crippen LogP contribution < -0.4 is 0 Å². The zero-order chi connectivity index (χ0) is 27.1. The topological polar surface area (TPSA) is 96.4 Å². The second kappa shape index (κ2) is 10.4. The van der Waals surface area contributed by atoms with Crippen LogP contribution in [0.1, 0.15) is 45.7 Å². The lowest BCUT2D eigenvalue weighted by atomic mass is 10.0. The first-order valence-electron chi connectivity index (χ1n) is 12.9. The average molecular weight is 556 g/mol. The highest BCUT2D eigenvalue weighted by atomic mass is 35.5. The number of aryl methyl sites for hydroxylation is 2. The number of benzene rings is 2. The van der Waals surface area contributed by atoms with Gasteiger partial charge in [0, 0.05) is 51.5 Å². The summed E-state index contributed by atoms with van der Waals surface area (Å²) in [5.74, 6) is 0.0863. The lowest BCUT2D eigenvalue weighted by molar-refractivity contribution is 0.0971. The molecule has 0 amide bonds. The molecule has 0 saturated carbocycles. The lowest BCUT2D eigenvalue weighted by Gasteiger charge is -2.08. The van der Waals surface area contributed by atoms with Gasteiger partial charge < -0.3 is 9.97 Å². The maximum Gasteiger partial charge on any atom is 0.184 e. The van der Waals surface area contributed by atoms with Crippen LogP contribution in [0.5, 0.6) is 0 Å². The highest BCUT2D eigenvalue weighted by Crippen LogP contribution is 2.29. The molecule has 0 atom stereocenters. The van der Waals surface area contributed by atoms with Crippen molar-refractivity contribution in [2.75, 3.05) is 5.75 Å². The quantitative estimate of drug-likeness (QED) is 0.147. The molecule has 2 aromatic carbocycles. The van der Waals surface area contributed by atoms with Crippen molar-refractivity contribution in [3.8, 4) is 0 Å². The van der Waals surface area contributed by atoms with Gasteiger partial charge in [-0.25, -0.2) is 9.97 Å². The van der Waals surface area contributed by atoms with Gasteiger partial charge in [0.25, 0.3) is 0 Å². The Morgan fingerprint density at radius 3 is 2.15 bits per heavy atom. The lowest BCUT2D eigenvalue weighted by Crippen LogP contribution is -2.12. The van der Waals surface area contributed by atoms with E-state index in [1.165, 1.54) is 17.3 Å². The third kappa shape index (κ3) is 4.53. The van der Waals surface area contributed by atoms with Crippen LogP contribution in [0.4, 0.5) is 0 Å². The van der Waals surface area contributed by atoms with Crippen LogP contribution in [0, 0.1) is 0 Å². The van der Waals surface area contributed by atoms with Crippen LogP contribution in [0.2, 0.25) is 5.02 Å². The van der Waals surface area contributed by atoms with E-state index in [0.29, 0.717) is 32.5 Å². The van der Waals surface area contributed by atoms with Crippen molar-refractivity contribution in [2.45, 2.75) is 38.4 Å². The largest absolute Gasteiger partial charge is 0.360 e. The number of carbonyl (C=O) groups excluding carboxylic acids is 2. The van der Waals surface area contributed by atoms with Crippen molar-refractivity contribution in [2.24, 2.45) is 0 Å². The summed E-state index contributed by atoms with van der Waals surface area (Å²) in [6.45, 7) is 4.23. The maximum atomic E-state index is 13.6. The molecule has 39 heavy (non-hydrogen) atoms. The van der Waals surface area contributed by atoms with Crippen LogP contribution >= 0.6 is 23.4 Å². The molecule has 196 valence electrons. The smallest absolute Gasteiger partial charge is 0.184 e. The molecule has 4 aromatic heterocycles. The number of nitrogens with zero attached hydrogens (tertiary/aromatic N) is 3. The molecule has 0 aliphatic heterocycles. The molecule has 0 unspecified atom stereocenters. The van der Waals surface area contributed by atoms with Crippen molar-refractivity contribution in [3.63, 3.8) is 0 Å². The van der Waals surface area contributed by atoms with Gasteiger partial charge in [-0.05, 0) is 30.0 Å². The van der Waals surface area contributed by atoms with Crippen LogP contribution in [0.15, 0.2) is 66.2 Å². The zero-order valence-corrected chi connectivity index (χ0v) is 23.1. The molecule has 6 rings (SSSR count). The van der Waals surface area contributed by atoms with E-state index in [-0.39, 0.29) is 23.9 Å². The number of Topliss-reactive ketones (excluding diaryl/α,β-unsaturated/α-hetero) is 2. The van der Waals surface area contributed by atoms with Gasteiger partial charge in [-0.15, -0.1) is 0 Å². The van der Waals surface area contributed by atoms with Crippen molar-refractivity contribution >= 4 is 67.9 Å². The first-order chi connectivity index (χ1) is 19.0. The SMILES string of the molecule is CCc1cccc2c(C(=O)CSc3nc4cc(Cl)cnc4n3CC(=O)c3c[nH]c4c(CC)cccc34)c[nH]c12. The first kappa shape index (κ1) is 25.4. The third-order valence-corrected chi connectivity index (χ3v) is 8.30. The number of halogens is 1. The fourth-order valence-corrected chi connectivity index (χ4v) is 6.18. The number of thioether (sulfide) groups is 1. The minimum absolute atomic E-state index is 0.0147. The van der Waals surface area contributed by atoms with Crippen LogP contribution in [-0.4, -0.2) is 41.8 Å². The van der Waals surface area contributed by atoms with Crippen LogP contribution in [-0.2, 0) is 19.4 Å². The van der Waals surface area contributed by atoms with E-state index in [4.69, 9.17) is 16.6 Å². The van der Waals surface area contributed by atoms with Gasteiger partial charge in [-0.3, -0.25) is 14.2 Å². The van der Waals surface area contributed by atoms with E-state index >= 15 is 0 Å². The predicted molar refractivity (Wildman–Crippen MR) is 157 cm³/mol. The molecule has 0 saturated heterocycles. The molecule has 4 heterocycles. The van der Waals surface area contributed by atoms with Crippen molar-refractivity contribution in [1.29, 1.82) is 0 Å². The maximum absolute atomic E-state index is 13.6. The standard InChI is InChI=1S/C30H26ClN5O2S/c1-3-17-7-5-9-20-22(13-32-27(17)20)25(37)15-36-29-24(11-19(31)12-34-29)35-30(36)39-16-26(38)23-14-33-28-18(4-2)8-6-10-21(23)28/h5-14,32-33H,3-4,15-16H2,1-2H3. The van der Waals surface area contributed by atoms with Crippen LogP contribution in [0.3, 0.4) is 0 Å². The van der Waals surface area contributed by atoms with Gasteiger partial charge in [-0.1, -0.05) is 73.6 Å². The summed E-state index contributed by atoms with van der Waals surface area (Å²) in [4.78, 5) is 42.6. The zero-order valence-electron chi connectivity index (χ0n) is 21.5. The van der Waals surface area contributed by atoms with E-state index in [0.717, 1.165) is 40.2 Å². The summed E-state index contributed by atoms with van der Waals surface area (Å²) in [6, 6.07) is 13.7. The molecule has 7 nitrogen and oxygen atoms in total. The van der Waals surface area contributed by atoms with E-state index in [1.807, 2.05) is 24.3 Å². The fraction of sp³-hybridized carbons (Fsp3) is 0.200. The minimum atomic E-state index is -0.0672. The molecule has 0 bridgehead atoms. The summed E-state index contributed by atoms with van der Waals surface area (Å²) in [5.41, 5.74) is 6.71. The Morgan fingerprint density at radius 2 is 1.54 bits per heavy atom. The number of rotatable bonds is 9. The van der Waals surface area contributed by atoms with Gasteiger partial charge in [-0.2, -0.15) is 0 Å². The normalized spacial score (nSPS) is 11.7. The number of carbonyl (C=O) groups is 2. The highest BCUT2D eigenvalue weighted by molar-refractivity contribution is 7.99. The molecule has 9 heteroatoms. The van der Waals surface area contributed by atoms with Crippen LogP contribution in [0.25, 0.3) is 33.0 Å². The Hall–Kier alpha value is -3.88. The Labute approximate surface area is 234 Å². The number of pyridine rings is 1. The summed E-state index contributed by atoms with van der Waals surface area (Å²) in [6.07, 6.45) is 6.84. The summed E-state index contributed by atoms with van der Waals surface area (Å²) >= 11 is 7.49. The number of hydrogen-bond acceptors (Lipinski definition) is 5. The second-order valence-electron chi connectivity index (χ2n) is 9.40.